The number of carbonyl (C=O) groups excluding carboxylic acids is 2. The van der Waals surface area contributed by atoms with E-state index in [-0.39, 0.29) is 24.1 Å². The van der Waals surface area contributed by atoms with Crippen LogP contribution in [-0.2, 0) is 9.53 Å². The minimum absolute atomic E-state index is 0.195. The van der Waals surface area contributed by atoms with Gasteiger partial charge in [0.2, 0.25) is 0 Å². The molecule has 1 aliphatic rings. The van der Waals surface area contributed by atoms with Crippen LogP contribution in [0.5, 0.6) is 0 Å². The molecular formula is C17H22ClNO3S. The Morgan fingerprint density at radius 1 is 1.30 bits per heavy atom. The number of benzene rings is 1. The lowest BCUT2D eigenvalue weighted by atomic mass is 9.87. The highest BCUT2D eigenvalue weighted by Crippen LogP contribution is 2.24. The van der Waals surface area contributed by atoms with E-state index >= 15 is 0 Å². The summed E-state index contributed by atoms with van der Waals surface area (Å²) in [5.41, 5.74) is 0.290. The van der Waals surface area contributed by atoms with Crippen LogP contribution >= 0.6 is 23.4 Å². The third-order valence-electron chi connectivity index (χ3n) is 4.11. The normalized spacial score (nSPS) is 20.8. The Labute approximate surface area is 146 Å². The molecule has 23 heavy (non-hydrogen) atoms. The molecule has 1 fully saturated rings. The van der Waals surface area contributed by atoms with Crippen LogP contribution in [0.15, 0.2) is 23.1 Å². The van der Waals surface area contributed by atoms with E-state index in [1.165, 1.54) is 11.8 Å². The highest BCUT2D eigenvalue weighted by molar-refractivity contribution is 7.98. The fourth-order valence-electron chi connectivity index (χ4n) is 2.67. The topological polar surface area (TPSA) is 55.4 Å². The Morgan fingerprint density at radius 2 is 2.00 bits per heavy atom. The second kappa shape index (κ2) is 8.60. The number of amides is 1. The smallest absolute Gasteiger partial charge is 0.340 e. The summed E-state index contributed by atoms with van der Waals surface area (Å²) >= 11 is 7.53. The maximum atomic E-state index is 12.1. The summed E-state index contributed by atoms with van der Waals surface area (Å²) in [6.45, 7) is 1.96. The fourth-order valence-corrected chi connectivity index (χ4v) is 3.30. The molecule has 2 rings (SSSR count). The largest absolute Gasteiger partial charge is 0.452 e. The lowest BCUT2D eigenvalue weighted by Crippen LogP contribution is -2.39. The first-order valence-electron chi connectivity index (χ1n) is 7.79. The Balaban J connectivity index is 1.83. The van der Waals surface area contributed by atoms with Crippen LogP contribution in [-0.4, -0.2) is 30.8 Å². The third-order valence-corrected chi connectivity index (χ3v) is 5.16. The lowest BCUT2D eigenvalue weighted by molar-refractivity contribution is -0.125. The van der Waals surface area contributed by atoms with Gasteiger partial charge in [0.15, 0.2) is 6.61 Å². The zero-order valence-corrected chi connectivity index (χ0v) is 15.0. The number of hydrogen-bond donors (Lipinski definition) is 1. The Kier molecular flexibility index (Phi) is 6.78. The number of esters is 1. The van der Waals surface area contributed by atoms with E-state index in [2.05, 4.69) is 12.2 Å². The molecular weight excluding hydrogens is 334 g/mol. The van der Waals surface area contributed by atoms with Crippen molar-refractivity contribution >= 4 is 35.2 Å². The molecule has 4 nitrogen and oxygen atoms in total. The molecule has 126 valence electrons. The maximum Gasteiger partial charge on any atom is 0.340 e. The molecule has 1 N–H and O–H groups in total. The van der Waals surface area contributed by atoms with Crippen molar-refractivity contribution in [1.82, 2.24) is 5.32 Å². The number of halogens is 1. The standard InChI is InChI=1S/C17H22ClNO3S/c1-11-3-5-12(6-4-11)19-16(20)10-22-17(21)14-9-13(23-2)7-8-15(14)18/h7-9,11-12H,3-6,10H2,1-2H3,(H,19,20). The average Bonchev–Trinajstić information content (AvgIpc) is 2.55. The minimum Gasteiger partial charge on any atom is -0.452 e. The zero-order chi connectivity index (χ0) is 16.8. The van der Waals surface area contributed by atoms with Crippen LogP contribution in [0.2, 0.25) is 5.02 Å². The molecule has 1 aromatic rings. The van der Waals surface area contributed by atoms with Gasteiger partial charge in [-0.05, 0) is 56.1 Å². The van der Waals surface area contributed by atoms with Crippen LogP contribution in [0.25, 0.3) is 0 Å². The maximum absolute atomic E-state index is 12.1. The summed E-state index contributed by atoms with van der Waals surface area (Å²) in [4.78, 5) is 24.9. The van der Waals surface area contributed by atoms with Gasteiger partial charge in [-0.3, -0.25) is 4.79 Å². The summed E-state index contributed by atoms with van der Waals surface area (Å²) < 4.78 is 5.09. The quantitative estimate of drug-likeness (QED) is 0.642. The third kappa shape index (κ3) is 5.43. The first-order valence-corrected chi connectivity index (χ1v) is 9.40. The molecule has 1 saturated carbocycles. The van der Waals surface area contributed by atoms with Crippen LogP contribution < -0.4 is 5.32 Å². The number of rotatable bonds is 5. The molecule has 0 saturated heterocycles. The number of nitrogens with one attached hydrogen (secondary N) is 1. The van der Waals surface area contributed by atoms with Gasteiger partial charge in [-0.2, -0.15) is 0 Å². The van der Waals surface area contributed by atoms with Crippen LogP contribution in [0.4, 0.5) is 0 Å². The number of carbonyl (C=O) groups is 2. The monoisotopic (exact) mass is 355 g/mol. The Hall–Kier alpha value is -1.20. The van der Waals surface area contributed by atoms with E-state index in [9.17, 15) is 9.59 Å². The predicted molar refractivity (Wildman–Crippen MR) is 93.1 cm³/mol. The summed E-state index contributed by atoms with van der Waals surface area (Å²) in [6, 6.07) is 5.37. The second-order valence-electron chi connectivity index (χ2n) is 5.95. The van der Waals surface area contributed by atoms with Crippen molar-refractivity contribution in [3.8, 4) is 0 Å². The number of ether oxygens (including phenoxy) is 1. The van der Waals surface area contributed by atoms with Crippen LogP contribution in [0.1, 0.15) is 43.0 Å². The van der Waals surface area contributed by atoms with Crippen LogP contribution in [0, 0.1) is 5.92 Å². The molecule has 0 spiro atoms. The number of thioether (sulfide) groups is 1. The molecule has 0 unspecified atom stereocenters. The van der Waals surface area contributed by atoms with Gasteiger partial charge in [0, 0.05) is 10.9 Å². The van der Waals surface area contributed by atoms with Gasteiger partial charge in [-0.1, -0.05) is 18.5 Å². The van der Waals surface area contributed by atoms with E-state index in [4.69, 9.17) is 16.3 Å². The van der Waals surface area contributed by atoms with Gasteiger partial charge in [0.05, 0.1) is 10.6 Å². The summed E-state index contributed by atoms with van der Waals surface area (Å²) in [6.07, 6.45) is 6.14. The fraction of sp³-hybridized carbons (Fsp3) is 0.529. The average molecular weight is 356 g/mol. The van der Waals surface area contributed by atoms with Gasteiger partial charge in [-0.25, -0.2) is 4.79 Å². The van der Waals surface area contributed by atoms with Crippen molar-refractivity contribution < 1.29 is 14.3 Å². The molecule has 1 aromatic carbocycles. The molecule has 0 atom stereocenters. The predicted octanol–water partition coefficient (Wildman–Crippen LogP) is 3.91. The van der Waals surface area contributed by atoms with Gasteiger partial charge in [0.1, 0.15) is 0 Å². The summed E-state index contributed by atoms with van der Waals surface area (Å²) in [5, 5.41) is 3.26. The van der Waals surface area contributed by atoms with E-state index in [1.807, 2.05) is 12.3 Å². The zero-order valence-electron chi connectivity index (χ0n) is 13.4. The molecule has 0 bridgehead atoms. The first-order chi connectivity index (χ1) is 11.0. The van der Waals surface area contributed by atoms with Crippen molar-refractivity contribution in [2.24, 2.45) is 5.92 Å². The van der Waals surface area contributed by atoms with E-state index < -0.39 is 5.97 Å². The SMILES string of the molecule is CSc1ccc(Cl)c(C(=O)OCC(=O)NC2CCC(C)CC2)c1. The van der Waals surface area contributed by atoms with Crippen molar-refractivity contribution in [2.45, 2.75) is 43.5 Å². The van der Waals surface area contributed by atoms with Crippen LogP contribution in [0.3, 0.4) is 0 Å². The highest BCUT2D eigenvalue weighted by Gasteiger charge is 2.20. The Morgan fingerprint density at radius 3 is 2.65 bits per heavy atom. The molecule has 0 aliphatic heterocycles. The summed E-state index contributed by atoms with van der Waals surface area (Å²) in [7, 11) is 0. The first kappa shape index (κ1) is 18.1. The molecule has 1 amide bonds. The van der Waals surface area contributed by atoms with Crippen molar-refractivity contribution in [2.75, 3.05) is 12.9 Å². The lowest BCUT2D eigenvalue weighted by Gasteiger charge is -2.26. The Bertz CT molecular complexity index is 571. The van der Waals surface area contributed by atoms with Gasteiger partial charge in [0.25, 0.3) is 5.91 Å². The molecule has 0 heterocycles. The van der Waals surface area contributed by atoms with Crippen molar-refractivity contribution in [3.63, 3.8) is 0 Å². The highest BCUT2D eigenvalue weighted by atomic mass is 35.5. The van der Waals surface area contributed by atoms with E-state index in [1.54, 1.807) is 12.1 Å². The molecule has 1 aliphatic carbocycles. The minimum atomic E-state index is -0.571. The molecule has 0 aromatic heterocycles. The summed E-state index contributed by atoms with van der Waals surface area (Å²) in [5.74, 6) is -0.0970. The number of hydrogen-bond acceptors (Lipinski definition) is 4. The van der Waals surface area contributed by atoms with E-state index in [0.29, 0.717) is 5.02 Å². The molecule has 6 heteroatoms. The van der Waals surface area contributed by atoms with Crippen molar-refractivity contribution in [1.29, 1.82) is 0 Å². The molecule has 0 radical (unpaired) electrons. The second-order valence-corrected chi connectivity index (χ2v) is 7.23. The van der Waals surface area contributed by atoms with Gasteiger partial charge in [-0.15, -0.1) is 11.8 Å². The van der Waals surface area contributed by atoms with E-state index in [0.717, 1.165) is 36.5 Å². The van der Waals surface area contributed by atoms with Crippen molar-refractivity contribution in [3.05, 3.63) is 28.8 Å². The van der Waals surface area contributed by atoms with Gasteiger partial charge >= 0.3 is 5.97 Å². The van der Waals surface area contributed by atoms with Gasteiger partial charge < -0.3 is 10.1 Å².